The van der Waals surface area contributed by atoms with Crippen molar-refractivity contribution >= 4 is 17.9 Å². The normalized spacial score (nSPS) is 10.2. The lowest BCUT2D eigenvalue weighted by Gasteiger charge is -2.05. The van der Waals surface area contributed by atoms with Crippen molar-refractivity contribution in [2.24, 2.45) is 0 Å². The van der Waals surface area contributed by atoms with E-state index in [1.54, 1.807) is 0 Å². The second kappa shape index (κ2) is 4.52. The van der Waals surface area contributed by atoms with Crippen LogP contribution in [0.3, 0.4) is 0 Å². The second-order valence-corrected chi connectivity index (χ2v) is 4.18. The predicted molar refractivity (Wildman–Crippen MR) is 68.5 cm³/mol. The van der Waals surface area contributed by atoms with E-state index in [1.165, 1.54) is 0 Å². The van der Waals surface area contributed by atoms with Gasteiger partial charge in [-0.3, -0.25) is 0 Å². The Morgan fingerprint density at radius 1 is 0.688 bits per heavy atom. The quantitative estimate of drug-likeness (QED) is 0.670. The summed E-state index contributed by atoms with van der Waals surface area (Å²) in [7, 11) is 0. The second-order valence-electron chi connectivity index (χ2n) is 4.18. The highest BCUT2D eigenvalue weighted by Gasteiger charge is 2.18. The summed E-state index contributed by atoms with van der Waals surface area (Å²) in [6.07, 6.45) is 0. The molecule has 0 aliphatic rings. The molecule has 0 radical (unpaired) electrons. The number of hydrogen-bond acceptors (Lipinski definition) is 0. The lowest BCUT2D eigenvalue weighted by Crippen LogP contribution is -2.37. The molecule has 0 amide bonds. The van der Waals surface area contributed by atoms with Gasteiger partial charge in [0.05, 0.1) is 0 Å². The first-order valence-corrected chi connectivity index (χ1v) is 5.44. The van der Waals surface area contributed by atoms with E-state index < -0.39 is 6.99 Å². The van der Waals surface area contributed by atoms with E-state index in [0.29, 0.717) is 0 Å². The minimum atomic E-state index is -1.03. The molecule has 0 nitrogen and oxygen atoms in total. The summed E-state index contributed by atoms with van der Waals surface area (Å²) in [5, 5.41) is 0. The van der Waals surface area contributed by atoms with Gasteiger partial charge < -0.3 is 4.32 Å². The van der Waals surface area contributed by atoms with Crippen molar-refractivity contribution in [2.75, 3.05) is 0 Å². The Kier molecular flexibility index (Phi) is 3.09. The minimum absolute atomic E-state index is 0.717. The minimum Gasteiger partial charge on any atom is -0.322 e. The standard InChI is InChI=1S/C14H14BF/c1-11-3-7-13(8-4-11)15(16)14-9-5-12(2)6-10-14/h3-10H,1-2H3. The van der Waals surface area contributed by atoms with Gasteiger partial charge in [-0.15, -0.1) is 0 Å². The van der Waals surface area contributed by atoms with Crippen molar-refractivity contribution < 1.29 is 4.32 Å². The molecule has 2 aromatic rings. The molecule has 0 saturated heterocycles. The van der Waals surface area contributed by atoms with Crippen LogP contribution in [0.1, 0.15) is 11.1 Å². The SMILES string of the molecule is Cc1ccc(B(F)c2ccc(C)cc2)cc1. The maximum atomic E-state index is 14.1. The van der Waals surface area contributed by atoms with Crippen molar-refractivity contribution in [1.82, 2.24) is 0 Å². The largest absolute Gasteiger partial charge is 0.413 e. The Morgan fingerprint density at radius 3 is 1.31 bits per heavy atom. The van der Waals surface area contributed by atoms with Crippen LogP contribution in [0.4, 0.5) is 4.32 Å². The fourth-order valence-electron chi connectivity index (χ4n) is 1.66. The molecule has 0 bridgehead atoms. The van der Waals surface area contributed by atoms with Crippen molar-refractivity contribution in [3.8, 4) is 0 Å². The van der Waals surface area contributed by atoms with E-state index in [0.717, 1.165) is 22.1 Å². The summed E-state index contributed by atoms with van der Waals surface area (Å²) in [6.45, 7) is 2.98. The summed E-state index contributed by atoms with van der Waals surface area (Å²) in [5.74, 6) is 0. The summed E-state index contributed by atoms with van der Waals surface area (Å²) in [6, 6.07) is 15.2. The smallest absolute Gasteiger partial charge is 0.322 e. The molecular formula is C14H14BF. The maximum Gasteiger partial charge on any atom is 0.413 e. The third-order valence-electron chi connectivity index (χ3n) is 2.74. The van der Waals surface area contributed by atoms with Crippen molar-refractivity contribution in [3.05, 3.63) is 59.7 Å². The molecule has 0 fully saturated rings. The average molecular weight is 212 g/mol. The van der Waals surface area contributed by atoms with Gasteiger partial charge in [0.1, 0.15) is 0 Å². The molecule has 0 atom stereocenters. The number of hydrogen-bond donors (Lipinski definition) is 0. The highest BCUT2D eigenvalue weighted by Crippen LogP contribution is 1.99. The summed E-state index contributed by atoms with van der Waals surface area (Å²) in [5.41, 5.74) is 3.74. The molecular weight excluding hydrogens is 198 g/mol. The Hall–Kier alpha value is -1.57. The Bertz CT molecular complexity index is 414. The van der Waals surface area contributed by atoms with Crippen molar-refractivity contribution in [2.45, 2.75) is 13.8 Å². The molecule has 0 saturated carbocycles. The molecule has 0 heterocycles. The highest BCUT2D eigenvalue weighted by atomic mass is 19.1. The Morgan fingerprint density at radius 2 is 1.00 bits per heavy atom. The van der Waals surface area contributed by atoms with Gasteiger partial charge in [0.2, 0.25) is 0 Å². The molecule has 16 heavy (non-hydrogen) atoms. The number of benzene rings is 2. The van der Waals surface area contributed by atoms with Gasteiger partial charge in [-0.2, -0.15) is 0 Å². The van der Waals surface area contributed by atoms with Crippen LogP contribution >= 0.6 is 0 Å². The van der Waals surface area contributed by atoms with Gasteiger partial charge in [-0.1, -0.05) is 59.7 Å². The first-order valence-electron chi connectivity index (χ1n) is 5.44. The summed E-state index contributed by atoms with van der Waals surface area (Å²) in [4.78, 5) is 0. The van der Waals surface area contributed by atoms with Gasteiger partial charge in [0.15, 0.2) is 0 Å². The van der Waals surface area contributed by atoms with E-state index in [9.17, 15) is 4.32 Å². The topological polar surface area (TPSA) is 0 Å². The van der Waals surface area contributed by atoms with Crippen LogP contribution < -0.4 is 10.9 Å². The van der Waals surface area contributed by atoms with Crippen LogP contribution in [-0.2, 0) is 0 Å². The molecule has 80 valence electrons. The Labute approximate surface area is 96.3 Å². The first kappa shape index (κ1) is 10.9. The van der Waals surface area contributed by atoms with Crippen LogP contribution in [0.2, 0.25) is 0 Å². The third-order valence-corrected chi connectivity index (χ3v) is 2.74. The van der Waals surface area contributed by atoms with Gasteiger partial charge >= 0.3 is 6.99 Å². The van der Waals surface area contributed by atoms with E-state index >= 15 is 0 Å². The summed E-state index contributed by atoms with van der Waals surface area (Å²) < 4.78 is 14.1. The summed E-state index contributed by atoms with van der Waals surface area (Å²) >= 11 is 0. The number of aryl methyl sites for hydroxylation is 2. The fourth-order valence-corrected chi connectivity index (χ4v) is 1.66. The number of rotatable bonds is 2. The zero-order valence-electron chi connectivity index (χ0n) is 9.57. The zero-order valence-corrected chi connectivity index (χ0v) is 9.57. The van der Waals surface area contributed by atoms with Gasteiger partial charge in [-0.05, 0) is 24.8 Å². The molecule has 2 heteroatoms. The first-order chi connectivity index (χ1) is 7.66. The van der Waals surface area contributed by atoms with Crippen LogP contribution in [-0.4, -0.2) is 6.99 Å². The van der Waals surface area contributed by atoms with Crippen molar-refractivity contribution in [1.29, 1.82) is 0 Å². The molecule has 0 unspecified atom stereocenters. The lowest BCUT2D eigenvalue weighted by atomic mass is 9.58. The third kappa shape index (κ3) is 2.33. The van der Waals surface area contributed by atoms with Gasteiger partial charge in [-0.25, -0.2) is 0 Å². The highest BCUT2D eigenvalue weighted by molar-refractivity contribution is 6.79. The van der Waals surface area contributed by atoms with E-state index in [4.69, 9.17) is 0 Å². The fraction of sp³-hybridized carbons (Fsp3) is 0.143. The molecule has 0 aliphatic carbocycles. The van der Waals surface area contributed by atoms with Crippen LogP contribution in [0.25, 0.3) is 0 Å². The maximum absolute atomic E-state index is 14.1. The van der Waals surface area contributed by atoms with Crippen LogP contribution in [0.15, 0.2) is 48.5 Å². The van der Waals surface area contributed by atoms with Gasteiger partial charge in [0, 0.05) is 0 Å². The molecule has 0 spiro atoms. The Balaban J connectivity index is 2.28. The number of halogens is 1. The molecule has 0 N–H and O–H groups in total. The van der Waals surface area contributed by atoms with Gasteiger partial charge in [0.25, 0.3) is 0 Å². The molecule has 2 rings (SSSR count). The van der Waals surface area contributed by atoms with Crippen molar-refractivity contribution in [3.63, 3.8) is 0 Å². The van der Waals surface area contributed by atoms with Crippen LogP contribution in [0, 0.1) is 13.8 Å². The van der Waals surface area contributed by atoms with E-state index in [2.05, 4.69) is 0 Å². The molecule has 0 aliphatic heterocycles. The van der Waals surface area contributed by atoms with Crippen LogP contribution in [0.5, 0.6) is 0 Å². The molecule has 0 aromatic heterocycles. The van der Waals surface area contributed by atoms with E-state index in [1.807, 2.05) is 62.4 Å². The zero-order chi connectivity index (χ0) is 11.5. The monoisotopic (exact) mass is 212 g/mol. The lowest BCUT2D eigenvalue weighted by molar-refractivity contribution is 0.865. The molecule has 2 aromatic carbocycles. The predicted octanol–water partition coefficient (Wildman–Crippen LogP) is 2.38. The van der Waals surface area contributed by atoms with E-state index in [-0.39, 0.29) is 0 Å². The average Bonchev–Trinajstić information content (AvgIpc) is 2.30.